The van der Waals surface area contributed by atoms with Gasteiger partial charge in [-0.15, -0.1) is 0 Å². The molecule has 0 radical (unpaired) electrons. The highest BCUT2D eigenvalue weighted by molar-refractivity contribution is 5.39. The van der Waals surface area contributed by atoms with E-state index in [0.717, 1.165) is 18.9 Å². The first-order valence-electron chi connectivity index (χ1n) is 7.58. The highest BCUT2D eigenvalue weighted by atomic mass is 16.5. The summed E-state index contributed by atoms with van der Waals surface area (Å²) in [6, 6.07) is 0.876. The molecule has 1 atom stereocenters. The monoisotopic (exact) mass is 279 g/mol. The van der Waals surface area contributed by atoms with Crippen molar-refractivity contribution in [1.29, 1.82) is 0 Å². The molecule has 0 aromatic carbocycles. The van der Waals surface area contributed by atoms with Crippen molar-refractivity contribution in [2.75, 3.05) is 30.4 Å². The molecule has 2 rings (SSSR count). The SMILES string of the molecule is CCCOc1nc(NC)nc(N2CCCCCC2C)n1. The van der Waals surface area contributed by atoms with Crippen LogP contribution in [0.4, 0.5) is 11.9 Å². The highest BCUT2D eigenvalue weighted by Crippen LogP contribution is 2.23. The van der Waals surface area contributed by atoms with Gasteiger partial charge in [0.25, 0.3) is 0 Å². The van der Waals surface area contributed by atoms with Crippen LogP contribution < -0.4 is 15.0 Å². The Bertz CT molecular complexity index is 426. The average molecular weight is 279 g/mol. The fraction of sp³-hybridized carbons (Fsp3) is 0.786. The zero-order valence-corrected chi connectivity index (χ0v) is 12.7. The van der Waals surface area contributed by atoms with E-state index >= 15 is 0 Å². The van der Waals surface area contributed by atoms with Crippen molar-refractivity contribution >= 4 is 11.9 Å². The van der Waals surface area contributed by atoms with Crippen molar-refractivity contribution in [2.45, 2.75) is 52.0 Å². The lowest BCUT2D eigenvalue weighted by atomic mass is 10.1. The summed E-state index contributed by atoms with van der Waals surface area (Å²) in [5, 5.41) is 2.98. The van der Waals surface area contributed by atoms with Gasteiger partial charge in [0.05, 0.1) is 6.61 Å². The standard InChI is InChI=1S/C14H25N5O/c1-4-10-20-14-17-12(15-3)16-13(18-14)19-9-7-5-6-8-11(19)2/h11H,4-10H2,1-3H3,(H,15,16,17,18). The quantitative estimate of drug-likeness (QED) is 0.893. The Kier molecular flexibility index (Phi) is 5.38. The van der Waals surface area contributed by atoms with Crippen LogP contribution in [0.1, 0.15) is 46.0 Å². The van der Waals surface area contributed by atoms with Crippen molar-refractivity contribution in [3.8, 4) is 6.01 Å². The van der Waals surface area contributed by atoms with E-state index in [-0.39, 0.29) is 0 Å². The number of ether oxygens (including phenoxy) is 1. The summed E-state index contributed by atoms with van der Waals surface area (Å²) in [7, 11) is 1.81. The van der Waals surface area contributed by atoms with E-state index in [1.165, 1.54) is 25.7 Å². The van der Waals surface area contributed by atoms with E-state index < -0.39 is 0 Å². The second-order valence-corrected chi connectivity index (χ2v) is 5.23. The Morgan fingerprint density at radius 3 is 2.85 bits per heavy atom. The number of hydrogen-bond acceptors (Lipinski definition) is 6. The highest BCUT2D eigenvalue weighted by Gasteiger charge is 2.21. The van der Waals surface area contributed by atoms with Gasteiger partial charge in [0.2, 0.25) is 11.9 Å². The fourth-order valence-corrected chi connectivity index (χ4v) is 2.42. The van der Waals surface area contributed by atoms with Crippen LogP contribution in [0.5, 0.6) is 6.01 Å². The molecule has 0 amide bonds. The Morgan fingerprint density at radius 1 is 1.25 bits per heavy atom. The molecule has 1 aliphatic heterocycles. The second-order valence-electron chi connectivity index (χ2n) is 5.23. The molecule has 1 fully saturated rings. The van der Waals surface area contributed by atoms with Crippen LogP contribution in [0.25, 0.3) is 0 Å². The van der Waals surface area contributed by atoms with Gasteiger partial charge in [0.1, 0.15) is 0 Å². The molecule has 1 unspecified atom stereocenters. The molecule has 2 heterocycles. The lowest BCUT2D eigenvalue weighted by Crippen LogP contribution is -2.34. The summed E-state index contributed by atoms with van der Waals surface area (Å²) in [4.78, 5) is 15.5. The first-order chi connectivity index (χ1) is 9.74. The van der Waals surface area contributed by atoms with Gasteiger partial charge in [-0.05, 0) is 26.2 Å². The van der Waals surface area contributed by atoms with Crippen LogP contribution in [0.15, 0.2) is 0 Å². The number of rotatable bonds is 5. The minimum Gasteiger partial charge on any atom is -0.463 e. The van der Waals surface area contributed by atoms with E-state index in [9.17, 15) is 0 Å². The molecule has 0 aliphatic carbocycles. The van der Waals surface area contributed by atoms with Gasteiger partial charge in [-0.2, -0.15) is 15.0 Å². The Hall–Kier alpha value is -1.59. The van der Waals surface area contributed by atoms with E-state index in [0.29, 0.717) is 24.6 Å². The zero-order valence-electron chi connectivity index (χ0n) is 12.7. The smallest absolute Gasteiger partial charge is 0.323 e. The van der Waals surface area contributed by atoms with Gasteiger partial charge >= 0.3 is 6.01 Å². The molecular formula is C14H25N5O. The van der Waals surface area contributed by atoms with Gasteiger partial charge < -0.3 is 15.0 Å². The summed E-state index contributed by atoms with van der Waals surface area (Å²) in [6.07, 6.45) is 5.88. The van der Waals surface area contributed by atoms with Crippen LogP contribution >= 0.6 is 0 Å². The molecule has 0 spiro atoms. The van der Waals surface area contributed by atoms with Crippen LogP contribution in [0, 0.1) is 0 Å². The third-order valence-corrected chi connectivity index (χ3v) is 3.57. The molecule has 1 aliphatic rings. The summed E-state index contributed by atoms with van der Waals surface area (Å²) < 4.78 is 5.57. The summed E-state index contributed by atoms with van der Waals surface area (Å²) in [5.74, 6) is 1.29. The number of anilines is 2. The molecule has 6 nitrogen and oxygen atoms in total. The van der Waals surface area contributed by atoms with Gasteiger partial charge in [0.15, 0.2) is 0 Å². The maximum atomic E-state index is 5.57. The van der Waals surface area contributed by atoms with Crippen molar-refractivity contribution < 1.29 is 4.74 Å². The van der Waals surface area contributed by atoms with Crippen molar-refractivity contribution in [3.63, 3.8) is 0 Å². The molecular weight excluding hydrogens is 254 g/mol. The van der Waals surface area contributed by atoms with Crippen LogP contribution in [-0.4, -0.2) is 41.2 Å². The topological polar surface area (TPSA) is 63.2 Å². The van der Waals surface area contributed by atoms with Gasteiger partial charge in [0, 0.05) is 19.6 Å². The minimum absolute atomic E-state index is 0.414. The van der Waals surface area contributed by atoms with Crippen molar-refractivity contribution in [1.82, 2.24) is 15.0 Å². The predicted molar refractivity (Wildman–Crippen MR) is 80.4 cm³/mol. The molecule has 20 heavy (non-hydrogen) atoms. The molecule has 1 aromatic heterocycles. The normalized spacial score (nSPS) is 19.6. The lowest BCUT2D eigenvalue weighted by Gasteiger charge is -2.27. The van der Waals surface area contributed by atoms with Gasteiger partial charge in [-0.25, -0.2) is 0 Å². The summed E-state index contributed by atoms with van der Waals surface area (Å²) >= 11 is 0. The van der Waals surface area contributed by atoms with Crippen LogP contribution in [-0.2, 0) is 0 Å². The number of hydrogen-bond donors (Lipinski definition) is 1. The molecule has 6 heteroatoms. The minimum atomic E-state index is 0.414. The number of aromatic nitrogens is 3. The van der Waals surface area contributed by atoms with Crippen LogP contribution in [0.2, 0.25) is 0 Å². The first kappa shape index (κ1) is 14.8. The molecule has 1 saturated heterocycles. The summed E-state index contributed by atoms with van der Waals surface area (Å²) in [5.41, 5.74) is 0. The van der Waals surface area contributed by atoms with E-state index in [2.05, 4.69) is 39.0 Å². The van der Waals surface area contributed by atoms with Gasteiger partial charge in [-0.3, -0.25) is 0 Å². The predicted octanol–water partition coefficient (Wildman–Crippen LogP) is 2.47. The molecule has 112 valence electrons. The number of nitrogens with zero attached hydrogens (tertiary/aromatic N) is 4. The Labute approximate surface area is 121 Å². The third kappa shape index (κ3) is 3.71. The van der Waals surface area contributed by atoms with E-state index in [4.69, 9.17) is 4.74 Å². The Balaban J connectivity index is 2.23. The molecule has 1 aromatic rings. The van der Waals surface area contributed by atoms with Gasteiger partial charge in [-0.1, -0.05) is 19.8 Å². The van der Waals surface area contributed by atoms with E-state index in [1.807, 2.05) is 7.05 Å². The lowest BCUT2D eigenvalue weighted by molar-refractivity contribution is 0.291. The first-order valence-corrected chi connectivity index (χ1v) is 7.58. The molecule has 0 bridgehead atoms. The Morgan fingerprint density at radius 2 is 2.10 bits per heavy atom. The third-order valence-electron chi connectivity index (χ3n) is 3.57. The van der Waals surface area contributed by atoms with Crippen LogP contribution in [0.3, 0.4) is 0 Å². The average Bonchev–Trinajstić information content (AvgIpc) is 2.69. The van der Waals surface area contributed by atoms with E-state index in [1.54, 1.807) is 0 Å². The maximum Gasteiger partial charge on any atom is 0.323 e. The van der Waals surface area contributed by atoms with Crippen molar-refractivity contribution in [3.05, 3.63) is 0 Å². The number of nitrogens with one attached hydrogen (secondary N) is 1. The van der Waals surface area contributed by atoms with Crippen molar-refractivity contribution in [2.24, 2.45) is 0 Å². The second kappa shape index (κ2) is 7.26. The maximum absolute atomic E-state index is 5.57. The molecule has 1 N–H and O–H groups in total. The summed E-state index contributed by atoms with van der Waals surface area (Å²) in [6.45, 7) is 5.93. The fourth-order valence-electron chi connectivity index (χ4n) is 2.42. The zero-order chi connectivity index (χ0) is 14.4. The molecule has 0 saturated carbocycles. The largest absolute Gasteiger partial charge is 0.463 e.